The Morgan fingerprint density at radius 2 is 1.44 bits per heavy atom. The van der Waals surface area contributed by atoms with Crippen LogP contribution in [0.2, 0.25) is 5.02 Å². The Labute approximate surface area is 196 Å². The van der Waals surface area contributed by atoms with Crippen LogP contribution in [0.4, 0.5) is 32.0 Å². The summed E-state index contributed by atoms with van der Waals surface area (Å²) in [5.74, 6) is -1.13. The number of halogens is 7. The van der Waals surface area contributed by atoms with Gasteiger partial charge in [-0.05, 0) is 24.3 Å². The van der Waals surface area contributed by atoms with Crippen molar-refractivity contribution < 1.29 is 44.2 Å². The van der Waals surface area contributed by atoms with Gasteiger partial charge in [0.2, 0.25) is 10.0 Å². The lowest BCUT2D eigenvalue weighted by Gasteiger charge is -2.36. The van der Waals surface area contributed by atoms with Gasteiger partial charge in [0.15, 0.2) is 13.2 Å². The third kappa shape index (κ3) is 6.83. The van der Waals surface area contributed by atoms with Crippen LogP contribution >= 0.6 is 11.6 Å². The number of hydrogen-bond donors (Lipinski definition) is 0. The molecule has 0 spiro atoms. The van der Waals surface area contributed by atoms with Crippen molar-refractivity contribution >= 4 is 27.3 Å². The molecule has 1 aliphatic heterocycles. The number of benzene rings is 2. The van der Waals surface area contributed by atoms with E-state index in [1.165, 1.54) is 0 Å². The predicted octanol–water partition coefficient (Wildman–Crippen LogP) is 4.73. The van der Waals surface area contributed by atoms with Crippen molar-refractivity contribution in [2.24, 2.45) is 0 Å². The molecule has 0 N–H and O–H groups in total. The Hall–Kier alpha value is -2.38. The van der Waals surface area contributed by atoms with Crippen LogP contribution in [-0.4, -0.2) is 64.5 Å². The van der Waals surface area contributed by atoms with Gasteiger partial charge in [0, 0.05) is 32.2 Å². The van der Waals surface area contributed by atoms with Crippen LogP contribution in [0, 0.1) is 0 Å². The number of alkyl halides is 6. The lowest BCUT2D eigenvalue weighted by atomic mass is 10.2. The number of para-hydroxylation sites is 1. The molecule has 1 aliphatic rings. The fourth-order valence-corrected chi connectivity index (χ4v) is 5.06. The minimum absolute atomic E-state index is 0.0418. The van der Waals surface area contributed by atoms with Gasteiger partial charge in [0.05, 0.1) is 10.7 Å². The van der Waals surface area contributed by atoms with Crippen molar-refractivity contribution in [1.29, 1.82) is 0 Å². The molecule has 1 fully saturated rings. The molecule has 2 aromatic carbocycles. The summed E-state index contributed by atoms with van der Waals surface area (Å²) in [4.78, 5) is 1.13. The van der Waals surface area contributed by atoms with Crippen molar-refractivity contribution in [1.82, 2.24) is 4.31 Å². The zero-order valence-corrected chi connectivity index (χ0v) is 18.9. The van der Waals surface area contributed by atoms with Crippen LogP contribution in [0.1, 0.15) is 0 Å². The van der Waals surface area contributed by atoms with E-state index in [-0.39, 0.29) is 26.2 Å². The topological polar surface area (TPSA) is 59.1 Å². The van der Waals surface area contributed by atoms with E-state index in [2.05, 4.69) is 9.47 Å². The van der Waals surface area contributed by atoms with Crippen LogP contribution in [0.15, 0.2) is 47.4 Å². The third-order valence-electron chi connectivity index (χ3n) is 4.76. The normalized spacial score (nSPS) is 15.9. The monoisotopic (exact) mass is 532 g/mol. The van der Waals surface area contributed by atoms with E-state index in [0.29, 0.717) is 10.7 Å². The standard InChI is InChI=1S/C20H19ClF6N2O4S/c21-15-3-1-2-4-16(15)28-7-9-29(10-8-28)34(30,31)18-11-14(32-12-19(22,23)24)5-6-17(18)33-13-20(25,26)27/h1-6,11H,7-10,12-13H2. The fourth-order valence-electron chi connectivity index (χ4n) is 3.24. The van der Waals surface area contributed by atoms with Gasteiger partial charge in [-0.15, -0.1) is 0 Å². The molecule has 3 rings (SSSR count). The molecule has 1 saturated heterocycles. The first-order valence-corrected chi connectivity index (χ1v) is 11.6. The highest BCUT2D eigenvalue weighted by atomic mass is 35.5. The lowest BCUT2D eigenvalue weighted by Crippen LogP contribution is -2.48. The molecule has 188 valence electrons. The van der Waals surface area contributed by atoms with Crippen LogP contribution < -0.4 is 14.4 Å². The number of anilines is 1. The summed E-state index contributed by atoms with van der Waals surface area (Å²) in [5, 5.41) is 0.469. The summed E-state index contributed by atoms with van der Waals surface area (Å²) in [6, 6.07) is 9.42. The Morgan fingerprint density at radius 3 is 2.03 bits per heavy atom. The van der Waals surface area contributed by atoms with E-state index in [4.69, 9.17) is 11.6 Å². The molecular formula is C20H19ClF6N2O4S. The maximum atomic E-state index is 13.2. The van der Waals surface area contributed by atoms with Gasteiger partial charge in [0.1, 0.15) is 16.4 Å². The van der Waals surface area contributed by atoms with Gasteiger partial charge in [-0.1, -0.05) is 23.7 Å². The first-order chi connectivity index (χ1) is 15.8. The third-order valence-corrected chi connectivity index (χ3v) is 7.00. The fraction of sp³-hybridized carbons (Fsp3) is 0.400. The van der Waals surface area contributed by atoms with Gasteiger partial charge in [-0.3, -0.25) is 0 Å². The van der Waals surface area contributed by atoms with Gasteiger partial charge in [-0.2, -0.15) is 30.6 Å². The summed E-state index contributed by atoms with van der Waals surface area (Å²) >= 11 is 6.18. The zero-order chi connectivity index (χ0) is 25.1. The Balaban J connectivity index is 1.84. The Bertz CT molecular complexity index is 1100. The zero-order valence-electron chi connectivity index (χ0n) is 17.4. The minimum Gasteiger partial charge on any atom is -0.484 e. The summed E-state index contributed by atoms with van der Waals surface area (Å²) in [5.41, 5.74) is 0.693. The molecule has 0 aliphatic carbocycles. The summed E-state index contributed by atoms with van der Waals surface area (Å²) < 4.78 is 112. The summed E-state index contributed by atoms with van der Waals surface area (Å²) in [7, 11) is -4.43. The molecule has 0 amide bonds. The van der Waals surface area contributed by atoms with Gasteiger partial charge >= 0.3 is 12.4 Å². The smallest absolute Gasteiger partial charge is 0.422 e. The minimum atomic E-state index is -4.76. The van der Waals surface area contributed by atoms with Gasteiger partial charge in [0.25, 0.3) is 0 Å². The average Bonchev–Trinajstić information content (AvgIpc) is 2.76. The quantitative estimate of drug-likeness (QED) is 0.483. The highest BCUT2D eigenvalue weighted by Gasteiger charge is 2.35. The predicted molar refractivity (Wildman–Crippen MR) is 112 cm³/mol. The molecule has 34 heavy (non-hydrogen) atoms. The molecule has 2 aromatic rings. The number of sulfonamides is 1. The van der Waals surface area contributed by atoms with E-state index in [1.54, 1.807) is 24.3 Å². The van der Waals surface area contributed by atoms with E-state index in [1.807, 2.05) is 4.90 Å². The van der Waals surface area contributed by atoms with Crippen molar-refractivity contribution in [3.05, 3.63) is 47.5 Å². The molecule has 14 heteroatoms. The molecule has 1 heterocycles. The second-order valence-electron chi connectivity index (χ2n) is 7.26. The van der Waals surface area contributed by atoms with E-state index in [0.717, 1.165) is 22.5 Å². The second-order valence-corrected chi connectivity index (χ2v) is 9.57. The van der Waals surface area contributed by atoms with E-state index < -0.39 is 52.0 Å². The number of ether oxygens (including phenoxy) is 2. The van der Waals surface area contributed by atoms with E-state index >= 15 is 0 Å². The molecule has 0 unspecified atom stereocenters. The summed E-state index contributed by atoms with van der Waals surface area (Å²) in [6.07, 6.45) is -9.45. The molecule has 0 aromatic heterocycles. The molecule has 6 nitrogen and oxygen atoms in total. The van der Waals surface area contributed by atoms with Crippen LogP contribution in [-0.2, 0) is 10.0 Å². The van der Waals surface area contributed by atoms with Crippen LogP contribution in [0.3, 0.4) is 0 Å². The van der Waals surface area contributed by atoms with Crippen LogP contribution in [0.25, 0.3) is 0 Å². The van der Waals surface area contributed by atoms with E-state index in [9.17, 15) is 34.8 Å². The molecular weight excluding hydrogens is 514 g/mol. The lowest BCUT2D eigenvalue weighted by molar-refractivity contribution is -0.154. The maximum Gasteiger partial charge on any atom is 0.422 e. The van der Waals surface area contributed by atoms with Gasteiger partial charge in [-0.25, -0.2) is 8.42 Å². The van der Waals surface area contributed by atoms with Crippen molar-refractivity contribution in [2.75, 3.05) is 44.3 Å². The molecule has 0 bridgehead atoms. The van der Waals surface area contributed by atoms with Crippen LogP contribution in [0.5, 0.6) is 11.5 Å². The second kappa shape index (κ2) is 10.1. The number of hydrogen-bond acceptors (Lipinski definition) is 5. The number of rotatable bonds is 7. The highest BCUT2D eigenvalue weighted by molar-refractivity contribution is 7.89. The molecule has 0 radical (unpaired) electrons. The van der Waals surface area contributed by atoms with Gasteiger partial charge < -0.3 is 14.4 Å². The van der Waals surface area contributed by atoms with Crippen molar-refractivity contribution in [3.63, 3.8) is 0 Å². The Kier molecular flexibility index (Phi) is 7.78. The SMILES string of the molecule is O=S(=O)(c1cc(OCC(F)(F)F)ccc1OCC(F)(F)F)N1CCN(c2ccccc2Cl)CC1. The first kappa shape index (κ1) is 26.2. The molecule has 0 atom stereocenters. The first-order valence-electron chi connectivity index (χ1n) is 9.79. The summed E-state index contributed by atoms with van der Waals surface area (Å²) in [6.45, 7) is -3.11. The largest absolute Gasteiger partial charge is 0.484 e. The highest BCUT2D eigenvalue weighted by Crippen LogP contribution is 2.34. The van der Waals surface area contributed by atoms with Crippen molar-refractivity contribution in [2.45, 2.75) is 17.2 Å². The number of piperazine rings is 1. The molecule has 0 saturated carbocycles. The average molecular weight is 533 g/mol. The number of nitrogens with zero attached hydrogens (tertiary/aromatic N) is 2. The van der Waals surface area contributed by atoms with Crippen molar-refractivity contribution in [3.8, 4) is 11.5 Å². The Morgan fingerprint density at radius 1 is 0.853 bits per heavy atom. The maximum absolute atomic E-state index is 13.2.